The lowest BCUT2D eigenvalue weighted by Crippen LogP contribution is -2.25. The van der Waals surface area contributed by atoms with Crippen molar-refractivity contribution in [1.82, 2.24) is 0 Å². The van der Waals surface area contributed by atoms with E-state index < -0.39 is 85.5 Å². The molecule has 5 unspecified atom stereocenters. The highest BCUT2D eigenvalue weighted by Crippen LogP contribution is 2.45. The first-order valence-corrected chi connectivity index (χ1v) is 26.6. The van der Waals surface area contributed by atoms with E-state index in [9.17, 15) is 43.8 Å². The number of carbonyl (C=O) groups excluding carboxylic acids is 2. The topological polar surface area (TPSA) is 225 Å². The van der Waals surface area contributed by atoms with Crippen LogP contribution in [0.1, 0.15) is 142 Å². The minimum Gasteiger partial charge on any atom is -0.463 e. The van der Waals surface area contributed by atoms with Crippen LogP contribution in [-0.4, -0.2) is 95.0 Å². The molecule has 0 bridgehead atoms. The molecule has 0 rings (SSSR count). The number of carbonyl (C=O) groups is 2. The van der Waals surface area contributed by atoms with Gasteiger partial charge in [0.25, 0.3) is 0 Å². The van der Waals surface area contributed by atoms with E-state index in [4.69, 9.17) is 9.47 Å². The van der Waals surface area contributed by atoms with Crippen molar-refractivity contribution >= 4 is 27.6 Å². The maximum absolute atomic E-state index is 12.2. The van der Waals surface area contributed by atoms with Gasteiger partial charge in [0.2, 0.25) is 0 Å². The molecule has 0 aromatic heterocycles. The Hall–Kier alpha value is -3.04. The molecular weight excluding hydrogens is 890 g/mol. The summed E-state index contributed by atoms with van der Waals surface area (Å²) in [5.41, 5.74) is 0. The summed E-state index contributed by atoms with van der Waals surface area (Å²) in [5.74, 6) is -1.04. The van der Waals surface area contributed by atoms with Crippen LogP contribution >= 0.6 is 15.6 Å². The van der Waals surface area contributed by atoms with Crippen LogP contribution in [0.2, 0.25) is 0 Å². The van der Waals surface area contributed by atoms with Crippen molar-refractivity contribution in [1.29, 1.82) is 0 Å². The van der Waals surface area contributed by atoms with Gasteiger partial charge in [-0.3, -0.25) is 27.7 Å². The van der Waals surface area contributed by atoms with E-state index in [0.717, 1.165) is 103 Å². The van der Waals surface area contributed by atoms with E-state index in [2.05, 4.69) is 105 Å². The zero-order valence-corrected chi connectivity index (χ0v) is 41.4. The summed E-state index contributed by atoms with van der Waals surface area (Å²) in [4.78, 5) is 43.7. The maximum atomic E-state index is 12.2. The largest absolute Gasteiger partial charge is 0.472 e. The Kier molecular flexibility index (Phi) is 42.4. The third-order valence-electron chi connectivity index (χ3n) is 9.10. The third-order valence-corrected chi connectivity index (χ3v) is 11.0. The SMILES string of the molecule is CC/C=C\C/C=C\C/C=C\C/C=C\C/C=C\CCCCCCCC(=O)OCC(O)COP(=O)(O)OCC(O)COP(=O)(O)OCC(O)COC(=O)CCCCCCC\C=C/C=C/C=C/CC. The highest BCUT2D eigenvalue weighted by atomic mass is 31.2. The van der Waals surface area contributed by atoms with Gasteiger partial charge in [0.1, 0.15) is 31.5 Å². The van der Waals surface area contributed by atoms with E-state index in [-0.39, 0.29) is 12.8 Å². The van der Waals surface area contributed by atoms with Gasteiger partial charge in [0, 0.05) is 12.8 Å². The summed E-state index contributed by atoms with van der Waals surface area (Å²) in [7, 11) is -9.59. The van der Waals surface area contributed by atoms with Crippen molar-refractivity contribution in [2.75, 3.05) is 39.6 Å². The number of aliphatic hydroxyl groups excluding tert-OH is 3. The third kappa shape index (κ3) is 46.1. The molecule has 0 amide bonds. The van der Waals surface area contributed by atoms with E-state index in [1.807, 2.05) is 24.3 Å². The summed E-state index contributed by atoms with van der Waals surface area (Å²) in [5, 5.41) is 30.0. The molecule has 0 saturated heterocycles. The Bertz CT molecular complexity index is 1550. The second-order valence-corrected chi connectivity index (χ2v) is 18.3. The van der Waals surface area contributed by atoms with Crippen LogP contribution < -0.4 is 0 Å². The number of unbranched alkanes of at least 4 members (excludes halogenated alkanes) is 10. The number of hydrogen-bond acceptors (Lipinski definition) is 13. The highest BCUT2D eigenvalue weighted by molar-refractivity contribution is 7.47. The Labute approximate surface area is 395 Å². The molecule has 378 valence electrons. The van der Waals surface area contributed by atoms with Gasteiger partial charge in [-0.05, 0) is 77.0 Å². The van der Waals surface area contributed by atoms with Gasteiger partial charge in [-0.2, -0.15) is 0 Å². The molecule has 0 aromatic rings. The predicted molar refractivity (Wildman–Crippen MR) is 260 cm³/mol. The number of ether oxygens (including phenoxy) is 2. The second-order valence-electron chi connectivity index (χ2n) is 15.4. The molecule has 5 atom stereocenters. The Morgan fingerprint density at radius 2 is 0.727 bits per heavy atom. The second kappa shape index (κ2) is 44.5. The molecule has 0 spiro atoms. The Morgan fingerprint density at radius 1 is 0.409 bits per heavy atom. The average Bonchev–Trinajstić information content (AvgIpc) is 3.29. The van der Waals surface area contributed by atoms with Crippen LogP contribution in [-0.2, 0) is 46.3 Å². The molecule has 0 aliphatic carbocycles. The van der Waals surface area contributed by atoms with Gasteiger partial charge in [-0.15, -0.1) is 0 Å². The van der Waals surface area contributed by atoms with Crippen LogP contribution in [0, 0.1) is 0 Å². The fourth-order valence-corrected chi connectivity index (χ4v) is 7.06. The zero-order valence-electron chi connectivity index (χ0n) is 39.6. The van der Waals surface area contributed by atoms with Crippen molar-refractivity contribution < 1.29 is 71.4 Å². The highest BCUT2D eigenvalue weighted by Gasteiger charge is 2.28. The molecule has 0 heterocycles. The summed E-state index contributed by atoms with van der Waals surface area (Å²) in [6, 6.07) is 0. The smallest absolute Gasteiger partial charge is 0.463 e. The fourth-order valence-electron chi connectivity index (χ4n) is 5.47. The van der Waals surface area contributed by atoms with Gasteiger partial charge in [0.05, 0.1) is 26.4 Å². The quantitative estimate of drug-likeness (QED) is 0.0126. The Balaban J connectivity index is 3.94. The monoisotopic (exact) mass is 973 g/mol. The molecule has 0 fully saturated rings. The van der Waals surface area contributed by atoms with Crippen LogP contribution in [0.4, 0.5) is 0 Å². The summed E-state index contributed by atoms with van der Waals surface area (Å²) in [6.07, 6.45) is 46.8. The van der Waals surface area contributed by atoms with Crippen molar-refractivity contribution in [3.05, 3.63) is 97.2 Å². The summed E-state index contributed by atoms with van der Waals surface area (Å²) >= 11 is 0. The van der Waals surface area contributed by atoms with E-state index in [0.29, 0.717) is 12.8 Å². The predicted octanol–water partition coefficient (Wildman–Crippen LogP) is 10.7. The average molecular weight is 973 g/mol. The van der Waals surface area contributed by atoms with E-state index in [1.165, 1.54) is 0 Å². The lowest BCUT2D eigenvalue weighted by Gasteiger charge is -2.19. The number of rotatable bonds is 44. The van der Waals surface area contributed by atoms with E-state index >= 15 is 0 Å². The lowest BCUT2D eigenvalue weighted by molar-refractivity contribution is -0.148. The van der Waals surface area contributed by atoms with Crippen LogP contribution in [0.5, 0.6) is 0 Å². The lowest BCUT2D eigenvalue weighted by atomic mass is 10.1. The summed E-state index contributed by atoms with van der Waals surface area (Å²) < 4.78 is 52.9. The van der Waals surface area contributed by atoms with Gasteiger partial charge in [-0.1, -0.05) is 150 Å². The molecular formula is C49H82O15P2. The normalized spacial score (nSPS) is 15.9. The zero-order chi connectivity index (χ0) is 48.8. The first-order chi connectivity index (χ1) is 31.8. The molecule has 0 aliphatic rings. The van der Waals surface area contributed by atoms with E-state index in [1.54, 1.807) is 0 Å². The van der Waals surface area contributed by atoms with Gasteiger partial charge in [-0.25, -0.2) is 9.13 Å². The molecule has 5 N–H and O–H groups in total. The number of esters is 2. The number of phosphoric ester groups is 2. The maximum Gasteiger partial charge on any atom is 0.472 e. The summed E-state index contributed by atoms with van der Waals surface area (Å²) in [6.45, 7) is 0.0898. The number of hydrogen-bond donors (Lipinski definition) is 5. The van der Waals surface area contributed by atoms with Gasteiger partial charge >= 0.3 is 27.6 Å². The minimum atomic E-state index is -4.80. The van der Waals surface area contributed by atoms with Crippen molar-refractivity contribution in [3.8, 4) is 0 Å². The molecule has 0 radical (unpaired) electrons. The number of aliphatic hydroxyl groups is 3. The van der Waals surface area contributed by atoms with Gasteiger partial charge < -0.3 is 34.6 Å². The molecule has 66 heavy (non-hydrogen) atoms. The first kappa shape index (κ1) is 63.0. The molecule has 0 aliphatic heterocycles. The van der Waals surface area contributed by atoms with Crippen molar-refractivity contribution in [2.24, 2.45) is 0 Å². The van der Waals surface area contributed by atoms with Crippen LogP contribution in [0.15, 0.2) is 97.2 Å². The fraction of sp³-hybridized carbons (Fsp3) is 0.633. The number of phosphoric acid groups is 2. The minimum absolute atomic E-state index is 0.169. The van der Waals surface area contributed by atoms with Crippen LogP contribution in [0.25, 0.3) is 0 Å². The van der Waals surface area contributed by atoms with Crippen molar-refractivity contribution in [2.45, 2.75) is 161 Å². The van der Waals surface area contributed by atoms with Gasteiger partial charge in [0.15, 0.2) is 0 Å². The standard InChI is InChI=1S/C49H82O15P2/c1-3-5-7-9-11-13-15-17-18-19-20-21-22-23-24-26-28-30-32-34-36-38-49(54)60-40-46(51)42-62-66(57,58)64-44-47(52)43-63-65(55,56)61-41-45(50)39-59-48(53)37-35-33-31-29-27-25-16-14-12-10-8-6-4-2/h5-8,10-14,16-18,20-21,23-24,45-47,50-52H,3-4,9,15,19,22,25-44H2,1-2H3,(H,55,56)(H,57,58)/b7-5-,8-6+,12-10+,13-11-,16-14-,18-17-,21-20-,24-23-. The molecule has 17 heteroatoms. The number of allylic oxidation sites excluding steroid dienone is 16. The first-order valence-electron chi connectivity index (χ1n) is 23.6. The van der Waals surface area contributed by atoms with Crippen LogP contribution in [0.3, 0.4) is 0 Å². The molecule has 15 nitrogen and oxygen atoms in total. The Morgan fingerprint density at radius 3 is 1.14 bits per heavy atom. The van der Waals surface area contributed by atoms with Crippen molar-refractivity contribution in [3.63, 3.8) is 0 Å². The molecule has 0 saturated carbocycles. The molecule has 0 aromatic carbocycles.